The van der Waals surface area contributed by atoms with E-state index in [0.717, 1.165) is 5.56 Å². The van der Waals surface area contributed by atoms with E-state index in [4.69, 9.17) is 51.1 Å². The molecule has 1 aromatic rings. The summed E-state index contributed by atoms with van der Waals surface area (Å²) in [6, 6.07) is 6.70. The van der Waals surface area contributed by atoms with Gasteiger partial charge in [0.2, 0.25) is 3.79 Å². The molecule has 1 aliphatic rings. The zero-order valence-electron chi connectivity index (χ0n) is 11.5. The number of rotatable bonds is 3. The van der Waals surface area contributed by atoms with Crippen LogP contribution in [0.1, 0.15) is 11.6 Å². The molecular weight excluding hydrogens is 372 g/mol. The Morgan fingerprint density at radius 3 is 2.59 bits per heavy atom. The van der Waals surface area contributed by atoms with Crippen LogP contribution in [0.25, 0.3) is 0 Å². The van der Waals surface area contributed by atoms with E-state index in [-0.39, 0.29) is 18.7 Å². The zero-order chi connectivity index (χ0) is 16.3. The molecule has 1 aromatic carbocycles. The average Bonchev–Trinajstić information content (AvgIpc) is 2.93. The summed E-state index contributed by atoms with van der Waals surface area (Å²) in [5.41, 5.74) is 0.914. The summed E-state index contributed by atoms with van der Waals surface area (Å²) in [6.45, 7) is 0.0557. The maximum absolute atomic E-state index is 12.0. The maximum atomic E-state index is 12.0. The van der Waals surface area contributed by atoms with Crippen molar-refractivity contribution in [3.05, 3.63) is 34.9 Å². The molecule has 5 nitrogen and oxygen atoms in total. The number of halogens is 4. The first kappa shape index (κ1) is 17.6. The standard InChI is InChI=1S/C13H13Cl4N3O2/c1-20(12(21)22-7-13(15,16)17)10-6-18-19-11(10)8-2-4-9(14)5-3-8/h2-5,10-11H,6-7H2,1H3. The van der Waals surface area contributed by atoms with Gasteiger partial charge in [0.05, 0.1) is 12.6 Å². The molecule has 0 N–H and O–H groups in total. The Labute approximate surface area is 148 Å². The number of carbonyl (C=O) groups is 1. The van der Waals surface area contributed by atoms with Crippen LogP contribution in [0.3, 0.4) is 0 Å². The van der Waals surface area contributed by atoms with Gasteiger partial charge in [0.1, 0.15) is 12.6 Å². The minimum absolute atomic E-state index is 0.260. The summed E-state index contributed by atoms with van der Waals surface area (Å²) in [5.74, 6) is 0. The molecule has 0 fully saturated rings. The molecular formula is C13H13Cl4N3O2. The third-order valence-electron chi connectivity index (χ3n) is 3.20. The number of likely N-dealkylation sites (N-methyl/N-ethyl adjacent to an activating group) is 1. The van der Waals surface area contributed by atoms with Crippen LogP contribution < -0.4 is 0 Å². The topological polar surface area (TPSA) is 54.3 Å². The summed E-state index contributed by atoms with van der Waals surface area (Å²) in [4.78, 5) is 13.4. The highest BCUT2D eigenvalue weighted by Gasteiger charge is 2.34. The van der Waals surface area contributed by atoms with Crippen molar-refractivity contribution in [3.8, 4) is 0 Å². The number of carbonyl (C=O) groups excluding carboxylic acids is 1. The molecule has 2 rings (SSSR count). The first-order valence-corrected chi connectivity index (χ1v) is 7.87. The van der Waals surface area contributed by atoms with Crippen molar-refractivity contribution in [1.82, 2.24) is 4.90 Å². The van der Waals surface area contributed by atoms with Gasteiger partial charge >= 0.3 is 6.09 Å². The second-order valence-electron chi connectivity index (χ2n) is 4.78. The Morgan fingerprint density at radius 2 is 2.00 bits per heavy atom. The predicted molar refractivity (Wildman–Crippen MR) is 87.1 cm³/mol. The van der Waals surface area contributed by atoms with Gasteiger partial charge in [-0.3, -0.25) is 0 Å². The van der Waals surface area contributed by atoms with Gasteiger partial charge < -0.3 is 9.64 Å². The first-order chi connectivity index (χ1) is 10.3. The highest BCUT2D eigenvalue weighted by molar-refractivity contribution is 6.67. The highest BCUT2D eigenvalue weighted by Crippen LogP contribution is 2.31. The van der Waals surface area contributed by atoms with E-state index < -0.39 is 9.89 Å². The monoisotopic (exact) mass is 383 g/mol. The van der Waals surface area contributed by atoms with Crippen LogP contribution in [0.15, 0.2) is 34.5 Å². The van der Waals surface area contributed by atoms with Gasteiger partial charge in [-0.15, -0.1) is 0 Å². The number of benzene rings is 1. The fourth-order valence-electron chi connectivity index (χ4n) is 2.06. The lowest BCUT2D eigenvalue weighted by Crippen LogP contribution is -2.41. The molecule has 22 heavy (non-hydrogen) atoms. The molecule has 0 aliphatic carbocycles. The van der Waals surface area contributed by atoms with Crippen LogP contribution in [-0.4, -0.2) is 41.0 Å². The van der Waals surface area contributed by atoms with Crippen molar-refractivity contribution in [3.63, 3.8) is 0 Å². The van der Waals surface area contributed by atoms with E-state index in [1.807, 2.05) is 12.1 Å². The van der Waals surface area contributed by atoms with Gasteiger partial charge in [-0.25, -0.2) is 4.79 Å². The minimum Gasteiger partial charge on any atom is -0.445 e. The van der Waals surface area contributed by atoms with Gasteiger partial charge in [0.15, 0.2) is 0 Å². The quantitative estimate of drug-likeness (QED) is 0.712. The largest absolute Gasteiger partial charge is 0.445 e. The summed E-state index contributed by atoms with van der Waals surface area (Å²) in [5, 5.41) is 8.84. The summed E-state index contributed by atoms with van der Waals surface area (Å²) in [6.07, 6.45) is -0.595. The lowest BCUT2D eigenvalue weighted by Gasteiger charge is -2.27. The first-order valence-electron chi connectivity index (χ1n) is 6.36. The third kappa shape index (κ3) is 4.62. The van der Waals surface area contributed by atoms with Crippen molar-refractivity contribution in [2.45, 2.75) is 15.9 Å². The van der Waals surface area contributed by atoms with E-state index in [1.165, 1.54) is 4.90 Å². The SMILES string of the molecule is CN(C(=O)OCC(Cl)(Cl)Cl)C1CN=NC1c1ccc(Cl)cc1. The summed E-state index contributed by atoms with van der Waals surface area (Å²) in [7, 11) is 1.60. The van der Waals surface area contributed by atoms with Crippen molar-refractivity contribution in [1.29, 1.82) is 0 Å². The van der Waals surface area contributed by atoms with Crippen LogP contribution in [0.5, 0.6) is 0 Å². The molecule has 2 unspecified atom stereocenters. The fraction of sp³-hybridized carbons (Fsp3) is 0.462. The number of alkyl halides is 3. The van der Waals surface area contributed by atoms with Crippen molar-refractivity contribution in [2.24, 2.45) is 10.2 Å². The van der Waals surface area contributed by atoms with Gasteiger partial charge in [0, 0.05) is 12.1 Å². The van der Waals surface area contributed by atoms with Crippen LogP contribution in [-0.2, 0) is 4.74 Å². The molecule has 0 bridgehead atoms. The Morgan fingerprint density at radius 1 is 1.36 bits per heavy atom. The highest BCUT2D eigenvalue weighted by atomic mass is 35.6. The van der Waals surface area contributed by atoms with Gasteiger partial charge in [-0.05, 0) is 17.7 Å². The van der Waals surface area contributed by atoms with E-state index in [2.05, 4.69) is 10.2 Å². The Hall–Kier alpha value is -0.750. The van der Waals surface area contributed by atoms with Gasteiger partial charge in [-0.2, -0.15) is 10.2 Å². The number of hydrogen-bond acceptors (Lipinski definition) is 4. The maximum Gasteiger partial charge on any atom is 0.410 e. The van der Waals surface area contributed by atoms with Gasteiger partial charge in [0.25, 0.3) is 0 Å². The molecule has 1 heterocycles. The molecule has 1 aliphatic heterocycles. The molecule has 0 radical (unpaired) electrons. The molecule has 0 saturated carbocycles. The number of hydrogen-bond donors (Lipinski definition) is 0. The minimum atomic E-state index is -1.64. The van der Waals surface area contributed by atoms with Crippen LogP contribution in [0.2, 0.25) is 5.02 Å². The Kier molecular flexibility index (Phi) is 5.77. The van der Waals surface area contributed by atoms with E-state index in [9.17, 15) is 4.79 Å². The molecule has 120 valence electrons. The van der Waals surface area contributed by atoms with Crippen molar-refractivity contribution in [2.75, 3.05) is 20.2 Å². The molecule has 2 atom stereocenters. The average molecular weight is 385 g/mol. The molecule has 0 saturated heterocycles. The second-order valence-corrected chi connectivity index (χ2v) is 7.74. The molecule has 0 spiro atoms. The van der Waals surface area contributed by atoms with Crippen LogP contribution in [0, 0.1) is 0 Å². The number of nitrogens with zero attached hydrogens (tertiary/aromatic N) is 3. The predicted octanol–water partition coefficient (Wildman–Crippen LogP) is 4.65. The fourth-order valence-corrected chi connectivity index (χ4v) is 2.35. The molecule has 0 aromatic heterocycles. The van der Waals surface area contributed by atoms with E-state index in [0.29, 0.717) is 11.6 Å². The van der Waals surface area contributed by atoms with Crippen LogP contribution >= 0.6 is 46.4 Å². The van der Waals surface area contributed by atoms with Gasteiger partial charge in [-0.1, -0.05) is 58.5 Å². The molecule has 1 amide bonds. The van der Waals surface area contributed by atoms with Crippen LogP contribution in [0.4, 0.5) is 4.79 Å². The van der Waals surface area contributed by atoms with E-state index >= 15 is 0 Å². The lowest BCUT2D eigenvalue weighted by molar-refractivity contribution is 0.0977. The second kappa shape index (κ2) is 7.21. The Balaban J connectivity index is 2.04. The number of ether oxygens (including phenoxy) is 1. The smallest absolute Gasteiger partial charge is 0.410 e. The van der Waals surface area contributed by atoms with Crippen molar-refractivity contribution >= 4 is 52.5 Å². The number of azo groups is 1. The molecule has 9 heteroatoms. The van der Waals surface area contributed by atoms with Crippen molar-refractivity contribution < 1.29 is 9.53 Å². The Bertz CT molecular complexity index is 559. The zero-order valence-corrected chi connectivity index (χ0v) is 14.6. The van der Waals surface area contributed by atoms with E-state index in [1.54, 1.807) is 19.2 Å². The lowest BCUT2D eigenvalue weighted by atomic mass is 10.0. The normalized spacial score (nSPS) is 21.0. The number of amides is 1. The summed E-state index contributed by atoms with van der Waals surface area (Å²) < 4.78 is 3.33. The summed E-state index contributed by atoms with van der Waals surface area (Å²) >= 11 is 22.6. The third-order valence-corrected chi connectivity index (χ3v) is 3.77.